The van der Waals surface area contributed by atoms with Crippen LogP contribution < -0.4 is 25.4 Å². The first-order valence-corrected chi connectivity index (χ1v) is 9.94. The minimum absolute atomic E-state index is 0.104. The Morgan fingerprint density at radius 2 is 2.00 bits per heavy atom. The zero-order valence-corrected chi connectivity index (χ0v) is 18.5. The largest absolute Gasteiger partial charge is 0.493 e. The highest BCUT2D eigenvalue weighted by molar-refractivity contribution is 14.1. The Morgan fingerprint density at radius 1 is 1.25 bits per heavy atom. The molecule has 28 heavy (non-hydrogen) atoms. The number of allylic oxidation sites excluding steroid dienone is 1. The Hall–Kier alpha value is -2.33. The van der Waals surface area contributed by atoms with E-state index in [0.29, 0.717) is 24.7 Å². The molecule has 148 valence electrons. The molecule has 0 spiro atoms. The number of ether oxygens (including phenoxy) is 3. The molecule has 3 N–H and O–H groups in total. The first-order chi connectivity index (χ1) is 13.5. The summed E-state index contributed by atoms with van der Waals surface area (Å²) in [4.78, 5) is 0. The van der Waals surface area contributed by atoms with Crippen LogP contribution in [0, 0.1) is 3.57 Å². The number of para-hydroxylation sites is 1. The number of halogens is 1. The summed E-state index contributed by atoms with van der Waals surface area (Å²) >= 11 is 6.90. The minimum Gasteiger partial charge on any atom is -0.493 e. The Morgan fingerprint density at radius 3 is 2.71 bits per heavy atom. The van der Waals surface area contributed by atoms with E-state index < -0.39 is 0 Å². The molecule has 0 aliphatic heterocycles. The average molecular weight is 511 g/mol. The Labute approximate surface area is 183 Å². The lowest BCUT2D eigenvalue weighted by Crippen LogP contribution is -2.24. The van der Waals surface area contributed by atoms with Gasteiger partial charge in [-0.2, -0.15) is 5.10 Å². The number of nitrogens with one attached hydrogen (secondary N) is 1. The van der Waals surface area contributed by atoms with E-state index in [4.69, 9.17) is 32.2 Å². The highest BCUT2D eigenvalue weighted by atomic mass is 127. The monoisotopic (exact) mass is 511 g/mol. The fourth-order valence-corrected chi connectivity index (χ4v) is 3.22. The number of rotatable bonds is 10. The van der Waals surface area contributed by atoms with Crippen molar-refractivity contribution in [3.8, 4) is 17.2 Å². The number of nitrogens with two attached hydrogens (primary N) is 1. The van der Waals surface area contributed by atoms with Crippen molar-refractivity contribution in [3.05, 3.63) is 63.8 Å². The van der Waals surface area contributed by atoms with E-state index in [-0.39, 0.29) is 5.11 Å². The van der Waals surface area contributed by atoms with Crippen LogP contribution in [0.15, 0.2) is 54.2 Å². The first-order valence-electron chi connectivity index (χ1n) is 8.45. The van der Waals surface area contributed by atoms with Crippen LogP contribution in [0.1, 0.15) is 11.1 Å². The van der Waals surface area contributed by atoms with E-state index >= 15 is 0 Å². The van der Waals surface area contributed by atoms with E-state index in [1.54, 1.807) is 13.3 Å². The summed E-state index contributed by atoms with van der Waals surface area (Å²) in [6.45, 7) is 4.57. The predicted octanol–water partition coefficient (Wildman–Crippen LogP) is 3.65. The van der Waals surface area contributed by atoms with Gasteiger partial charge in [-0.15, -0.1) is 6.58 Å². The van der Waals surface area contributed by atoms with Crippen molar-refractivity contribution in [2.24, 2.45) is 10.8 Å². The molecule has 0 amide bonds. The van der Waals surface area contributed by atoms with Crippen LogP contribution in [0.4, 0.5) is 0 Å². The lowest BCUT2D eigenvalue weighted by Gasteiger charge is -2.15. The summed E-state index contributed by atoms with van der Waals surface area (Å²) in [5.74, 6) is 2.10. The quantitative estimate of drug-likeness (QED) is 0.127. The second kappa shape index (κ2) is 11.5. The normalized spacial score (nSPS) is 10.5. The molecule has 0 saturated carbocycles. The number of thiocarbonyl (C=S) groups is 1. The standard InChI is InChI=1S/C20H22IN3O3S/c1-3-6-15-7-4-5-8-17(15)26-9-10-27-19-16(21)11-14(12-18(19)25-2)13-23-24-20(22)28/h3-5,7-8,11-13H,1,6,9-10H2,2H3,(H3,22,24,28)/b23-13-. The molecule has 0 aliphatic rings. The summed E-state index contributed by atoms with van der Waals surface area (Å²) in [5, 5.41) is 4.06. The molecular weight excluding hydrogens is 489 g/mol. The van der Waals surface area contributed by atoms with Crippen LogP contribution in [0.25, 0.3) is 0 Å². The van der Waals surface area contributed by atoms with Crippen molar-refractivity contribution in [1.29, 1.82) is 0 Å². The number of hydrazone groups is 1. The Kier molecular flexibility index (Phi) is 9.02. The van der Waals surface area contributed by atoms with Gasteiger partial charge in [0, 0.05) is 0 Å². The van der Waals surface area contributed by atoms with Gasteiger partial charge in [0.25, 0.3) is 0 Å². The first kappa shape index (κ1) is 22.0. The molecule has 0 heterocycles. The third kappa shape index (κ3) is 6.68. The minimum atomic E-state index is 0.104. The molecule has 0 bridgehead atoms. The number of hydrogen-bond acceptors (Lipinski definition) is 5. The third-order valence-electron chi connectivity index (χ3n) is 3.56. The van der Waals surface area contributed by atoms with Crippen LogP contribution in [0.2, 0.25) is 0 Å². The zero-order chi connectivity index (χ0) is 20.4. The van der Waals surface area contributed by atoms with Crippen molar-refractivity contribution in [1.82, 2.24) is 5.43 Å². The molecule has 2 aromatic carbocycles. The predicted molar refractivity (Wildman–Crippen MR) is 125 cm³/mol. The highest BCUT2D eigenvalue weighted by Gasteiger charge is 2.11. The molecule has 0 saturated heterocycles. The number of hydrogen-bond donors (Lipinski definition) is 2. The van der Waals surface area contributed by atoms with Crippen LogP contribution in [0.5, 0.6) is 17.2 Å². The van der Waals surface area contributed by atoms with Crippen molar-refractivity contribution in [2.75, 3.05) is 20.3 Å². The number of nitrogens with zero attached hydrogens (tertiary/aromatic N) is 1. The van der Waals surface area contributed by atoms with Crippen LogP contribution in [0.3, 0.4) is 0 Å². The molecule has 2 rings (SSSR count). The second-order valence-electron chi connectivity index (χ2n) is 5.57. The van der Waals surface area contributed by atoms with Gasteiger partial charge in [0.05, 0.1) is 16.9 Å². The van der Waals surface area contributed by atoms with Gasteiger partial charge >= 0.3 is 0 Å². The molecule has 6 nitrogen and oxygen atoms in total. The molecule has 0 aromatic heterocycles. The van der Waals surface area contributed by atoms with Gasteiger partial charge in [-0.1, -0.05) is 24.3 Å². The molecule has 0 unspecified atom stereocenters. The molecule has 0 radical (unpaired) electrons. The zero-order valence-electron chi connectivity index (χ0n) is 15.5. The fraction of sp³-hybridized carbons (Fsp3) is 0.200. The van der Waals surface area contributed by atoms with Crippen molar-refractivity contribution < 1.29 is 14.2 Å². The van der Waals surface area contributed by atoms with Crippen molar-refractivity contribution in [2.45, 2.75) is 6.42 Å². The SMILES string of the molecule is C=CCc1ccccc1OCCOc1c(I)cc(/C=N\NC(N)=S)cc1OC. The summed E-state index contributed by atoms with van der Waals surface area (Å²) in [7, 11) is 1.59. The van der Waals surface area contributed by atoms with Gasteiger partial charge in [-0.3, -0.25) is 5.43 Å². The van der Waals surface area contributed by atoms with Crippen molar-refractivity contribution >= 4 is 46.1 Å². The highest BCUT2D eigenvalue weighted by Crippen LogP contribution is 2.33. The van der Waals surface area contributed by atoms with Gasteiger partial charge in [0.1, 0.15) is 19.0 Å². The molecule has 8 heteroatoms. The molecule has 0 atom stereocenters. The van der Waals surface area contributed by atoms with Gasteiger partial charge < -0.3 is 19.9 Å². The third-order valence-corrected chi connectivity index (χ3v) is 4.46. The van der Waals surface area contributed by atoms with Gasteiger partial charge in [0.2, 0.25) is 0 Å². The van der Waals surface area contributed by atoms with Crippen molar-refractivity contribution in [3.63, 3.8) is 0 Å². The Bertz CT molecular complexity index is 859. The fourth-order valence-electron chi connectivity index (χ4n) is 2.39. The van der Waals surface area contributed by atoms with Gasteiger partial charge in [0.15, 0.2) is 16.6 Å². The number of benzene rings is 2. The summed E-state index contributed by atoms with van der Waals surface area (Å²) in [6, 6.07) is 11.6. The smallest absolute Gasteiger partial charge is 0.184 e. The van der Waals surface area contributed by atoms with E-state index in [9.17, 15) is 0 Å². The summed E-state index contributed by atoms with van der Waals surface area (Å²) in [6.07, 6.45) is 4.22. The summed E-state index contributed by atoms with van der Waals surface area (Å²) < 4.78 is 18.1. The maximum absolute atomic E-state index is 5.90. The van der Waals surface area contributed by atoms with E-state index in [1.807, 2.05) is 42.5 Å². The van der Waals surface area contributed by atoms with E-state index in [0.717, 1.165) is 26.9 Å². The summed E-state index contributed by atoms with van der Waals surface area (Å²) in [5.41, 5.74) is 9.79. The lowest BCUT2D eigenvalue weighted by atomic mass is 10.1. The second-order valence-corrected chi connectivity index (χ2v) is 7.17. The number of methoxy groups -OCH3 is 1. The molecule has 2 aromatic rings. The van der Waals surface area contributed by atoms with Crippen LogP contribution >= 0.6 is 34.8 Å². The topological polar surface area (TPSA) is 78.1 Å². The lowest BCUT2D eigenvalue weighted by molar-refractivity contribution is 0.209. The van der Waals surface area contributed by atoms with Crippen LogP contribution in [-0.4, -0.2) is 31.7 Å². The molecular formula is C20H22IN3O3S. The van der Waals surface area contributed by atoms with E-state index in [2.05, 4.69) is 39.7 Å². The maximum Gasteiger partial charge on any atom is 0.184 e. The molecule has 0 aliphatic carbocycles. The van der Waals surface area contributed by atoms with Gasteiger partial charge in [-0.05, 0) is 70.6 Å². The average Bonchev–Trinajstić information content (AvgIpc) is 2.67. The van der Waals surface area contributed by atoms with Gasteiger partial charge in [-0.25, -0.2) is 0 Å². The molecule has 0 fully saturated rings. The Balaban J connectivity index is 1.99. The van der Waals surface area contributed by atoms with E-state index in [1.165, 1.54) is 0 Å². The van der Waals surface area contributed by atoms with Crippen LogP contribution in [-0.2, 0) is 6.42 Å². The maximum atomic E-state index is 5.90.